The molecule has 0 amide bonds. The molecule has 1 heteroatoms. The van der Waals surface area contributed by atoms with Gasteiger partial charge in [0.15, 0.2) is 0 Å². The maximum absolute atomic E-state index is 2.45. The van der Waals surface area contributed by atoms with Gasteiger partial charge in [0.05, 0.1) is 0 Å². The zero-order valence-corrected chi connectivity index (χ0v) is 38.9. The van der Waals surface area contributed by atoms with Crippen LogP contribution in [-0.2, 0) is 16.2 Å². The zero-order valence-electron chi connectivity index (χ0n) is 38.9. The average Bonchev–Trinajstić information content (AvgIpc) is 3.34. The van der Waals surface area contributed by atoms with Gasteiger partial charge in [0, 0.05) is 17.1 Å². The van der Waals surface area contributed by atoms with E-state index in [1.54, 1.807) is 0 Å². The smallest absolute Gasteiger partial charge is 0.0462 e. The van der Waals surface area contributed by atoms with E-state index in [4.69, 9.17) is 0 Å². The second-order valence-electron chi connectivity index (χ2n) is 20.3. The molecule has 3 aliphatic carbocycles. The number of benzene rings is 6. The average molecular weight is 840 g/mol. The Bertz CT molecular complexity index is 2210. The minimum atomic E-state index is 0.329. The van der Waals surface area contributed by atoms with E-state index in [0.29, 0.717) is 16.2 Å². The monoisotopic (exact) mass is 840 g/mol. The fourth-order valence-electron chi connectivity index (χ4n) is 11.1. The molecule has 0 spiro atoms. The van der Waals surface area contributed by atoms with Crippen LogP contribution in [0.25, 0.3) is 36.5 Å². The Labute approximate surface area is 385 Å². The molecule has 1 nitrogen and oxygen atoms in total. The Balaban J connectivity index is 0.925. The molecule has 0 unspecified atom stereocenters. The van der Waals surface area contributed by atoms with E-state index in [9.17, 15) is 0 Å². The largest absolute Gasteiger partial charge is 0.311 e. The van der Waals surface area contributed by atoms with Gasteiger partial charge in [-0.05, 0) is 141 Å². The van der Waals surface area contributed by atoms with Crippen LogP contribution in [0.3, 0.4) is 0 Å². The second kappa shape index (κ2) is 19.6. The van der Waals surface area contributed by atoms with Crippen LogP contribution >= 0.6 is 0 Å². The van der Waals surface area contributed by atoms with Gasteiger partial charge in [-0.25, -0.2) is 0 Å². The van der Waals surface area contributed by atoms with Gasteiger partial charge in [0.1, 0.15) is 0 Å². The third kappa shape index (κ3) is 10.3. The summed E-state index contributed by atoms with van der Waals surface area (Å²) >= 11 is 0. The van der Waals surface area contributed by atoms with Gasteiger partial charge in [-0.2, -0.15) is 0 Å². The van der Waals surface area contributed by atoms with Crippen LogP contribution in [0.4, 0.5) is 17.1 Å². The number of rotatable bonds is 12. The highest BCUT2D eigenvalue weighted by Crippen LogP contribution is 2.42. The Hall–Kier alpha value is -5.66. The molecule has 3 saturated carbocycles. The van der Waals surface area contributed by atoms with Gasteiger partial charge in [-0.3, -0.25) is 0 Å². The van der Waals surface area contributed by atoms with Crippen molar-refractivity contribution in [2.24, 2.45) is 0 Å². The molecule has 64 heavy (non-hydrogen) atoms. The first-order valence-corrected chi connectivity index (χ1v) is 24.7. The van der Waals surface area contributed by atoms with Crippen molar-refractivity contribution in [3.8, 4) is 0 Å². The van der Waals surface area contributed by atoms with Crippen molar-refractivity contribution >= 4 is 53.5 Å². The van der Waals surface area contributed by atoms with E-state index < -0.39 is 0 Å². The second-order valence-corrected chi connectivity index (χ2v) is 20.3. The number of nitrogens with zero attached hydrogens (tertiary/aromatic N) is 1. The van der Waals surface area contributed by atoms with Gasteiger partial charge >= 0.3 is 0 Å². The minimum absolute atomic E-state index is 0.329. The number of hydrogen-bond donors (Lipinski definition) is 0. The number of anilines is 3. The Kier molecular flexibility index (Phi) is 13.4. The minimum Gasteiger partial charge on any atom is -0.311 e. The Morgan fingerprint density at radius 3 is 0.656 bits per heavy atom. The lowest BCUT2D eigenvalue weighted by Crippen LogP contribution is -2.24. The molecular weight excluding hydrogens is 771 g/mol. The molecule has 3 aliphatic rings. The van der Waals surface area contributed by atoms with Crippen molar-refractivity contribution in [1.82, 2.24) is 0 Å². The van der Waals surface area contributed by atoms with Crippen LogP contribution in [0.1, 0.15) is 167 Å². The summed E-state index contributed by atoms with van der Waals surface area (Å²) in [5.74, 6) is 0. The van der Waals surface area contributed by atoms with Crippen molar-refractivity contribution in [3.63, 3.8) is 0 Å². The molecule has 6 aromatic carbocycles. The molecule has 3 fully saturated rings. The van der Waals surface area contributed by atoms with Crippen molar-refractivity contribution in [1.29, 1.82) is 0 Å². The lowest BCUT2D eigenvalue weighted by molar-refractivity contribution is 0.319. The van der Waals surface area contributed by atoms with Gasteiger partial charge in [0.2, 0.25) is 0 Å². The topological polar surface area (TPSA) is 3.24 Å². The van der Waals surface area contributed by atoms with Crippen LogP contribution < -0.4 is 4.90 Å². The van der Waals surface area contributed by atoms with E-state index in [0.717, 1.165) is 17.1 Å². The van der Waals surface area contributed by atoms with Crippen LogP contribution in [-0.4, -0.2) is 0 Å². The number of hydrogen-bond acceptors (Lipinski definition) is 1. The molecule has 0 aliphatic heterocycles. The predicted molar refractivity (Wildman–Crippen MR) is 279 cm³/mol. The lowest BCUT2D eigenvalue weighted by atomic mass is 9.71. The summed E-state index contributed by atoms with van der Waals surface area (Å²) in [6.45, 7) is 7.36. The van der Waals surface area contributed by atoms with Crippen molar-refractivity contribution in [2.75, 3.05) is 4.90 Å². The summed E-state index contributed by atoms with van der Waals surface area (Å²) in [6, 6.07) is 54.9. The van der Waals surface area contributed by atoms with Gasteiger partial charge < -0.3 is 4.90 Å². The molecule has 0 heterocycles. The summed E-state index contributed by atoms with van der Waals surface area (Å²) < 4.78 is 0. The standard InChI is InChI=1S/C63H69N/c1-61(43-7-4-8-44-61)55-31-19-49(20-32-55)13-16-52-25-37-58(38-26-52)64(59-39-27-53(28-40-59)17-14-50-21-33-56(34-22-50)62(2)45-9-5-10-46-62)60-41-29-54(30-42-60)18-15-51-23-35-57(36-24-51)63(3)47-11-6-12-48-63/h13-42H,4-12,43-48H2,1-3H3/b16-13+,17-14+,18-15+. The maximum Gasteiger partial charge on any atom is 0.0462 e. The van der Waals surface area contributed by atoms with E-state index in [1.807, 2.05) is 0 Å². The Morgan fingerprint density at radius 1 is 0.266 bits per heavy atom. The molecule has 9 rings (SSSR count). The first-order chi connectivity index (χ1) is 31.2. The lowest BCUT2D eigenvalue weighted by Gasteiger charge is -2.34. The highest BCUT2D eigenvalue weighted by Gasteiger charge is 2.30. The van der Waals surface area contributed by atoms with Gasteiger partial charge in [-0.15, -0.1) is 0 Å². The fraction of sp³-hybridized carbons (Fsp3) is 0.333. The van der Waals surface area contributed by atoms with E-state index in [2.05, 4.69) is 208 Å². The molecule has 0 aromatic heterocycles. The molecule has 0 radical (unpaired) electrons. The van der Waals surface area contributed by atoms with Crippen LogP contribution in [0.5, 0.6) is 0 Å². The Morgan fingerprint density at radius 2 is 0.453 bits per heavy atom. The third-order valence-corrected chi connectivity index (χ3v) is 15.6. The summed E-state index contributed by atoms with van der Waals surface area (Å²) in [7, 11) is 0. The first kappa shape index (κ1) is 43.6. The van der Waals surface area contributed by atoms with Crippen molar-refractivity contribution in [2.45, 2.75) is 133 Å². The van der Waals surface area contributed by atoms with E-state index in [-0.39, 0.29) is 0 Å². The summed E-state index contributed by atoms with van der Waals surface area (Å²) in [5.41, 5.74) is 16.2. The predicted octanol–water partition coefficient (Wildman–Crippen LogP) is 18.3. The van der Waals surface area contributed by atoms with Crippen molar-refractivity contribution < 1.29 is 0 Å². The fourth-order valence-corrected chi connectivity index (χ4v) is 11.1. The van der Waals surface area contributed by atoms with Crippen LogP contribution in [0.2, 0.25) is 0 Å². The normalized spacial score (nSPS) is 18.4. The zero-order chi connectivity index (χ0) is 43.8. The van der Waals surface area contributed by atoms with E-state index in [1.165, 1.54) is 146 Å². The van der Waals surface area contributed by atoms with Crippen LogP contribution in [0.15, 0.2) is 146 Å². The molecule has 0 bridgehead atoms. The summed E-state index contributed by atoms with van der Waals surface area (Å²) in [6.07, 6.45) is 33.5. The molecule has 0 N–H and O–H groups in total. The highest BCUT2D eigenvalue weighted by atomic mass is 15.1. The summed E-state index contributed by atoms with van der Waals surface area (Å²) in [4.78, 5) is 2.37. The molecule has 6 aromatic rings. The summed E-state index contributed by atoms with van der Waals surface area (Å²) in [5, 5.41) is 0. The van der Waals surface area contributed by atoms with Gasteiger partial charge in [0.25, 0.3) is 0 Å². The highest BCUT2D eigenvalue weighted by molar-refractivity contribution is 5.80. The molecule has 326 valence electrons. The quantitative estimate of drug-likeness (QED) is 0.111. The third-order valence-electron chi connectivity index (χ3n) is 15.6. The molecule has 0 atom stereocenters. The van der Waals surface area contributed by atoms with Crippen molar-refractivity contribution in [3.05, 3.63) is 196 Å². The first-order valence-electron chi connectivity index (χ1n) is 24.7. The van der Waals surface area contributed by atoms with E-state index >= 15 is 0 Å². The molecular formula is C63H69N. The van der Waals surface area contributed by atoms with Gasteiger partial charge in [-0.1, -0.05) is 224 Å². The molecule has 0 saturated heterocycles. The van der Waals surface area contributed by atoms with Crippen LogP contribution in [0, 0.1) is 0 Å². The maximum atomic E-state index is 2.45. The SMILES string of the molecule is CC1(c2ccc(/C=C/c3ccc(N(c4ccc(/C=C/c5ccc(C6(C)CCCCC6)cc5)cc4)c4ccc(/C=C/c5ccc(C6(C)CCCCC6)cc5)cc4)cc3)cc2)CCCCC1.